The first-order valence-corrected chi connectivity index (χ1v) is 11.1. The number of aryl methyl sites for hydroxylation is 1. The number of benzene rings is 1. The molecule has 0 amide bonds. The van der Waals surface area contributed by atoms with Crippen molar-refractivity contribution >= 4 is 35.9 Å². The minimum absolute atomic E-state index is 0. The molecule has 8 nitrogen and oxygen atoms in total. The monoisotopic (exact) mass is 553 g/mol. The van der Waals surface area contributed by atoms with Crippen LogP contribution in [0.4, 0.5) is 5.95 Å². The second-order valence-electron chi connectivity index (χ2n) is 7.77. The van der Waals surface area contributed by atoms with Crippen molar-refractivity contribution in [1.82, 2.24) is 25.5 Å². The molecule has 0 radical (unpaired) electrons. The number of hydrogen-bond donors (Lipinski definition) is 2. The highest BCUT2D eigenvalue weighted by atomic mass is 127. The Morgan fingerprint density at radius 1 is 1.12 bits per heavy atom. The summed E-state index contributed by atoms with van der Waals surface area (Å²) in [5.41, 5.74) is 1.19. The maximum atomic E-state index is 5.98. The molecule has 1 atom stereocenters. The molecule has 0 aliphatic carbocycles. The molecular weight excluding hydrogens is 517 g/mol. The molecule has 2 aromatic rings. The van der Waals surface area contributed by atoms with Gasteiger partial charge in [0.15, 0.2) is 5.96 Å². The van der Waals surface area contributed by atoms with Crippen LogP contribution in [0.15, 0.2) is 47.7 Å². The standard InChI is InChI=1S/C23H35N7O.HI/c1-4-24-22(28-18-20(3)31-21-8-5-7-19(2)17-21)25-11-12-29-13-15-30(16-14-29)23-26-9-6-10-27-23;/h5-10,17,20H,4,11-16,18H2,1-3H3,(H2,24,25,28);1H. The van der Waals surface area contributed by atoms with Crippen molar-refractivity contribution in [2.45, 2.75) is 26.9 Å². The van der Waals surface area contributed by atoms with E-state index in [4.69, 9.17) is 9.73 Å². The number of anilines is 1. The number of piperazine rings is 1. The number of nitrogens with one attached hydrogen (secondary N) is 2. The maximum absolute atomic E-state index is 5.98. The van der Waals surface area contributed by atoms with Gasteiger partial charge in [-0.1, -0.05) is 12.1 Å². The van der Waals surface area contributed by atoms with E-state index in [1.165, 1.54) is 5.56 Å². The van der Waals surface area contributed by atoms with E-state index in [2.05, 4.69) is 50.3 Å². The summed E-state index contributed by atoms with van der Waals surface area (Å²) in [7, 11) is 0. The second kappa shape index (κ2) is 14.1. The third-order valence-electron chi connectivity index (χ3n) is 5.11. The van der Waals surface area contributed by atoms with Crippen molar-refractivity contribution in [3.8, 4) is 5.75 Å². The van der Waals surface area contributed by atoms with Gasteiger partial charge in [0.05, 0.1) is 6.54 Å². The van der Waals surface area contributed by atoms with Gasteiger partial charge in [-0.3, -0.25) is 4.90 Å². The van der Waals surface area contributed by atoms with Gasteiger partial charge in [-0.25, -0.2) is 15.0 Å². The number of ether oxygens (including phenoxy) is 1. The fraction of sp³-hybridized carbons (Fsp3) is 0.522. The molecular formula is C23H36IN7O. The van der Waals surface area contributed by atoms with Gasteiger partial charge >= 0.3 is 0 Å². The lowest BCUT2D eigenvalue weighted by Crippen LogP contribution is -2.49. The third kappa shape index (κ3) is 8.78. The Morgan fingerprint density at radius 3 is 2.56 bits per heavy atom. The molecule has 32 heavy (non-hydrogen) atoms. The summed E-state index contributed by atoms with van der Waals surface area (Å²) >= 11 is 0. The molecule has 1 unspecified atom stereocenters. The van der Waals surface area contributed by atoms with E-state index < -0.39 is 0 Å². The molecule has 1 aliphatic rings. The van der Waals surface area contributed by atoms with Crippen LogP contribution < -0.4 is 20.3 Å². The predicted octanol–water partition coefficient (Wildman–Crippen LogP) is 2.55. The third-order valence-corrected chi connectivity index (χ3v) is 5.11. The van der Waals surface area contributed by atoms with E-state index in [0.29, 0.717) is 6.54 Å². The van der Waals surface area contributed by atoms with Gasteiger partial charge in [-0.2, -0.15) is 0 Å². The molecule has 1 aliphatic heterocycles. The summed E-state index contributed by atoms with van der Waals surface area (Å²) in [6.45, 7) is 13.4. The Labute approximate surface area is 208 Å². The van der Waals surface area contributed by atoms with Gasteiger partial charge in [0, 0.05) is 58.2 Å². The van der Waals surface area contributed by atoms with Crippen LogP contribution in [0.2, 0.25) is 0 Å². The first-order valence-electron chi connectivity index (χ1n) is 11.1. The van der Waals surface area contributed by atoms with Gasteiger partial charge in [-0.15, -0.1) is 24.0 Å². The van der Waals surface area contributed by atoms with Crippen molar-refractivity contribution in [3.05, 3.63) is 48.3 Å². The van der Waals surface area contributed by atoms with Crippen molar-refractivity contribution in [2.24, 2.45) is 4.99 Å². The zero-order valence-corrected chi connectivity index (χ0v) is 21.7. The van der Waals surface area contributed by atoms with Gasteiger partial charge in [0.1, 0.15) is 11.9 Å². The van der Waals surface area contributed by atoms with Crippen molar-refractivity contribution in [3.63, 3.8) is 0 Å². The molecule has 1 saturated heterocycles. The Balaban J connectivity index is 0.00000363. The smallest absolute Gasteiger partial charge is 0.225 e. The topological polar surface area (TPSA) is 77.9 Å². The first kappa shape index (κ1) is 26.1. The number of nitrogens with zero attached hydrogens (tertiary/aromatic N) is 5. The average Bonchev–Trinajstić information content (AvgIpc) is 2.78. The molecule has 176 valence electrons. The van der Waals surface area contributed by atoms with Crippen molar-refractivity contribution in [1.29, 1.82) is 0 Å². The molecule has 0 saturated carbocycles. The Hall–Kier alpha value is -2.14. The number of guanidine groups is 1. The fourth-order valence-corrected chi connectivity index (χ4v) is 3.48. The fourth-order valence-electron chi connectivity index (χ4n) is 3.48. The summed E-state index contributed by atoms with van der Waals surface area (Å²) in [4.78, 5) is 18.1. The van der Waals surface area contributed by atoms with Crippen molar-refractivity contribution < 1.29 is 4.74 Å². The Morgan fingerprint density at radius 2 is 1.88 bits per heavy atom. The zero-order chi connectivity index (χ0) is 21.9. The summed E-state index contributed by atoms with van der Waals surface area (Å²) < 4.78 is 5.98. The van der Waals surface area contributed by atoms with Crippen molar-refractivity contribution in [2.75, 3.05) is 57.3 Å². The number of rotatable bonds is 9. The number of halogens is 1. The molecule has 2 heterocycles. The van der Waals surface area contributed by atoms with Crippen LogP contribution in [0.3, 0.4) is 0 Å². The second-order valence-corrected chi connectivity index (χ2v) is 7.77. The highest BCUT2D eigenvalue weighted by Gasteiger charge is 2.18. The van der Waals surface area contributed by atoms with Gasteiger partial charge in [-0.05, 0) is 44.5 Å². The lowest BCUT2D eigenvalue weighted by atomic mass is 10.2. The van der Waals surface area contributed by atoms with Gasteiger partial charge in [0.25, 0.3) is 0 Å². The van der Waals surface area contributed by atoms with E-state index in [-0.39, 0.29) is 30.1 Å². The molecule has 2 N–H and O–H groups in total. The molecule has 1 aromatic heterocycles. The Bertz CT molecular complexity index is 813. The predicted molar refractivity (Wildman–Crippen MR) is 141 cm³/mol. The highest BCUT2D eigenvalue weighted by molar-refractivity contribution is 14.0. The molecule has 0 bridgehead atoms. The van der Waals surface area contributed by atoms with E-state index >= 15 is 0 Å². The lowest BCUT2D eigenvalue weighted by molar-refractivity contribution is 0.230. The Kier molecular flexibility index (Phi) is 11.5. The van der Waals surface area contributed by atoms with Crippen LogP contribution in [0, 0.1) is 6.92 Å². The number of aliphatic imine (C=N–C) groups is 1. The molecule has 3 rings (SSSR count). The minimum atomic E-state index is 0. The normalized spacial score (nSPS) is 15.6. The van der Waals surface area contributed by atoms with Crippen LogP contribution in [0.5, 0.6) is 5.75 Å². The van der Waals surface area contributed by atoms with Crippen LogP contribution in [-0.2, 0) is 0 Å². The summed E-state index contributed by atoms with van der Waals surface area (Å²) in [5.74, 6) is 2.54. The van der Waals surface area contributed by atoms with Gasteiger partial charge < -0.3 is 20.3 Å². The summed E-state index contributed by atoms with van der Waals surface area (Å²) in [6, 6.07) is 9.97. The first-order chi connectivity index (χ1) is 15.1. The highest BCUT2D eigenvalue weighted by Crippen LogP contribution is 2.14. The van der Waals surface area contributed by atoms with E-state index in [1.54, 1.807) is 12.4 Å². The molecule has 1 aromatic carbocycles. The maximum Gasteiger partial charge on any atom is 0.225 e. The number of hydrogen-bond acceptors (Lipinski definition) is 6. The van der Waals surface area contributed by atoms with Crippen LogP contribution >= 0.6 is 24.0 Å². The quantitative estimate of drug-likeness (QED) is 0.281. The largest absolute Gasteiger partial charge is 0.489 e. The van der Waals surface area contributed by atoms with Crippen LogP contribution in [0.1, 0.15) is 19.4 Å². The average molecular weight is 553 g/mol. The lowest BCUT2D eigenvalue weighted by Gasteiger charge is -2.34. The van der Waals surface area contributed by atoms with E-state index in [0.717, 1.165) is 63.5 Å². The van der Waals surface area contributed by atoms with E-state index in [9.17, 15) is 0 Å². The number of aromatic nitrogens is 2. The molecule has 1 fully saturated rings. The zero-order valence-electron chi connectivity index (χ0n) is 19.3. The van der Waals surface area contributed by atoms with Crippen LogP contribution in [0.25, 0.3) is 0 Å². The molecule has 9 heteroatoms. The summed E-state index contributed by atoms with van der Waals surface area (Å²) in [6.07, 6.45) is 3.60. The van der Waals surface area contributed by atoms with Gasteiger partial charge in [0.2, 0.25) is 5.95 Å². The molecule has 0 spiro atoms. The minimum Gasteiger partial charge on any atom is -0.489 e. The van der Waals surface area contributed by atoms with Crippen LogP contribution in [-0.4, -0.2) is 79.3 Å². The SMILES string of the molecule is CCNC(=NCC(C)Oc1cccc(C)c1)NCCN1CCN(c2ncccn2)CC1.I. The summed E-state index contributed by atoms with van der Waals surface area (Å²) in [5, 5.41) is 6.76. The van der Waals surface area contributed by atoms with E-state index in [1.807, 2.05) is 31.2 Å².